The Balaban J connectivity index is 2.19. The Hall–Kier alpha value is -1.03. The second-order valence-corrected chi connectivity index (χ2v) is 4.57. The molecule has 0 radical (unpaired) electrons. The number of nitrogens with zero attached hydrogens (tertiary/aromatic N) is 2. The predicted octanol–water partition coefficient (Wildman–Crippen LogP) is 4.10. The molecule has 1 aromatic carbocycles. The number of aromatic nitrogens is 2. The molecule has 2 aromatic rings. The molecule has 0 spiro atoms. The van der Waals surface area contributed by atoms with Gasteiger partial charge >= 0.3 is 0 Å². The summed E-state index contributed by atoms with van der Waals surface area (Å²) in [5.41, 5.74) is 0.741. The van der Waals surface area contributed by atoms with Crippen LogP contribution in [0.5, 0.6) is 5.75 Å². The molecule has 0 amide bonds. The van der Waals surface area contributed by atoms with E-state index in [1.54, 1.807) is 30.6 Å². The summed E-state index contributed by atoms with van der Waals surface area (Å²) in [6.07, 6.45) is 3.30. The van der Waals surface area contributed by atoms with Gasteiger partial charge in [0, 0.05) is 23.0 Å². The van der Waals surface area contributed by atoms with Crippen LogP contribution in [0.2, 0.25) is 10.0 Å². The molecule has 0 bridgehead atoms. The summed E-state index contributed by atoms with van der Waals surface area (Å²) in [5, 5.41) is 0.952. The van der Waals surface area contributed by atoms with Crippen LogP contribution in [0.25, 0.3) is 0 Å². The molecular weight excluding hydrogens is 295 g/mol. The number of hydrogen-bond donors (Lipinski definition) is 0. The first-order chi connectivity index (χ1) is 8.70. The van der Waals surface area contributed by atoms with E-state index in [0.717, 1.165) is 5.56 Å². The van der Waals surface area contributed by atoms with Gasteiger partial charge in [0.2, 0.25) is 0 Å². The molecule has 0 aliphatic heterocycles. The van der Waals surface area contributed by atoms with Crippen LogP contribution in [0.3, 0.4) is 0 Å². The number of rotatable bonds is 4. The van der Waals surface area contributed by atoms with Gasteiger partial charge in [-0.15, -0.1) is 11.6 Å². The molecule has 18 heavy (non-hydrogen) atoms. The van der Waals surface area contributed by atoms with Crippen molar-refractivity contribution in [2.45, 2.75) is 12.5 Å². The third-order valence-electron chi connectivity index (χ3n) is 2.19. The fraction of sp³-hybridized carbons (Fsp3) is 0.167. The monoisotopic (exact) mass is 302 g/mol. The standard InChI is InChI=1S/C12H9Cl3N2O/c13-6-8-4-9(14)5-10(15)12(8)18-7-11-16-2-1-3-17-11/h1-5H,6-7H2. The van der Waals surface area contributed by atoms with Crippen molar-refractivity contribution in [1.29, 1.82) is 0 Å². The first-order valence-corrected chi connectivity index (χ1v) is 6.42. The van der Waals surface area contributed by atoms with Crippen molar-refractivity contribution in [3.8, 4) is 5.75 Å². The van der Waals surface area contributed by atoms with Crippen LogP contribution >= 0.6 is 34.8 Å². The SMILES string of the molecule is ClCc1cc(Cl)cc(Cl)c1OCc1ncccn1. The van der Waals surface area contributed by atoms with Gasteiger partial charge in [-0.25, -0.2) is 9.97 Å². The average Bonchev–Trinajstić information content (AvgIpc) is 2.38. The molecule has 0 unspecified atom stereocenters. The Morgan fingerprint density at radius 2 is 1.83 bits per heavy atom. The fourth-order valence-corrected chi connectivity index (χ4v) is 2.20. The molecule has 94 valence electrons. The van der Waals surface area contributed by atoms with E-state index in [9.17, 15) is 0 Å². The Morgan fingerprint density at radius 1 is 1.11 bits per heavy atom. The summed E-state index contributed by atoms with van der Waals surface area (Å²) in [7, 11) is 0. The molecule has 0 fully saturated rings. The van der Waals surface area contributed by atoms with Gasteiger partial charge in [-0.3, -0.25) is 0 Å². The Kier molecular flexibility index (Phi) is 4.64. The third-order valence-corrected chi connectivity index (χ3v) is 2.98. The highest BCUT2D eigenvalue weighted by Crippen LogP contribution is 2.33. The highest BCUT2D eigenvalue weighted by Gasteiger charge is 2.10. The molecule has 1 heterocycles. The number of benzene rings is 1. The van der Waals surface area contributed by atoms with Crippen molar-refractivity contribution in [3.05, 3.63) is 52.0 Å². The summed E-state index contributed by atoms with van der Waals surface area (Å²) in [6.45, 7) is 0.228. The lowest BCUT2D eigenvalue weighted by Gasteiger charge is -2.11. The van der Waals surface area contributed by atoms with Gasteiger partial charge in [-0.2, -0.15) is 0 Å². The molecule has 0 saturated heterocycles. The van der Waals surface area contributed by atoms with Gasteiger partial charge in [0.05, 0.1) is 10.9 Å². The minimum Gasteiger partial charge on any atom is -0.484 e. The molecule has 6 heteroatoms. The van der Waals surface area contributed by atoms with E-state index < -0.39 is 0 Å². The summed E-state index contributed by atoms with van der Waals surface area (Å²) >= 11 is 17.8. The lowest BCUT2D eigenvalue weighted by atomic mass is 10.2. The second-order valence-electron chi connectivity index (χ2n) is 3.46. The van der Waals surface area contributed by atoms with Crippen LogP contribution < -0.4 is 4.74 Å². The van der Waals surface area contributed by atoms with Crippen LogP contribution in [-0.2, 0) is 12.5 Å². The van der Waals surface area contributed by atoms with Crippen LogP contribution in [-0.4, -0.2) is 9.97 Å². The Morgan fingerprint density at radius 3 is 2.50 bits per heavy atom. The molecule has 0 N–H and O–H groups in total. The van der Waals surface area contributed by atoms with Gasteiger partial charge in [0.15, 0.2) is 5.82 Å². The zero-order valence-electron chi connectivity index (χ0n) is 9.24. The lowest BCUT2D eigenvalue weighted by molar-refractivity contribution is 0.293. The first kappa shape index (κ1) is 13.4. The van der Waals surface area contributed by atoms with E-state index in [4.69, 9.17) is 39.5 Å². The fourth-order valence-electron chi connectivity index (χ4n) is 1.42. The largest absolute Gasteiger partial charge is 0.484 e. The number of ether oxygens (including phenoxy) is 1. The molecule has 1 aromatic heterocycles. The Labute approximate surface area is 120 Å². The molecule has 0 aliphatic rings. The molecule has 0 atom stereocenters. The van der Waals surface area contributed by atoms with E-state index in [1.807, 2.05) is 0 Å². The van der Waals surface area contributed by atoms with Gasteiger partial charge in [-0.05, 0) is 18.2 Å². The van der Waals surface area contributed by atoms with Crippen molar-refractivity contribution in [2.24, 2.45) is 0 Å². The average molecular weight is 304 g/mol. The van der Waals surface area contributed by atoms with Crippen molar-refractivity contribution in [3.63, 3.8) is 0 Å². The maximum absolute atomic E-state index is 6.07. The Bertz CT molecular complexity index is 534. The van der Waals surface area contributed by atoms with Gasteiger partial charge in [0.25, 0.3) is 0 Å². The van der Waals surface area contributed by atoms with Gasteiger partial charge in [-0.1, -0.05) is 23.2 Å². The summed E-state index contributed by atoms with van der Waals surface area (Å²) in [6, 6.07) is 5.07. The topological polar surface area (TPSA) is 35.0 Å². The zero-order valence-corrected chi connectivity index (χ0v) is 11.5. The van der Waals surface area contributed by atoms with E-state index in [1.165, 1.54) is 0 Å². The zero-order chi connectivity index (χ0) is 13.0. The minimum absolute atomic E-state index is 0.228. The summed E-state index contributed by atoms with van der Waals surface area (Å²) < 4.78 is 5.60. The van der Waals surface area contributed by atoms with E-state index in [-0.39, 0.29) is 12.5 Å². The van der Waals surface area contributed by atoms with Crippen molar-refractivity contribution in [1.82, 2.24) is 9.97 Å². The highest BCUT2D eigenvalue weighted by atomic mass is 35.5. The quantitative estimate of drug-likeness (QED) is 0.798. The van der Waals surface area contributed by atoms with Gasteiger partial charge < -0.3 is 4.74 Å². The molecule has 2 rings (SSSR count). The van der Waals surface area contributed by atoms with Crippen molar-refractivity contribution >= 4 is 34.8 Å². The van der Waals surface area contributed by atoms with Crippen LogP contribution in [0, 0.1) is 0 Å². The molecule has 3 nitrogen and oxygen atoms in total. The highest BCUT2D eigenvalue weighted by molar-refractivity contribution is 6.35. The number of halogens is 3. The maximum Gasteiger partial charge on any atom is 0.166 e. The summed E-state index contributed by atoms with van der Waals surface area (Å²) in [4.78, 5) is 8.12. The molecule has 0 aliphatic carbocycles. The van der Waals surface area contributed by atoms with Gasteiger partial charge in [0.1, 0.15) is 12.4 Å². The van der Waals surface area contributed by atoms with E-state index >= 15 is 0 Å². The summed E-state index contributed by atoms with van der Waals surface area (Å²) in [5.74, 6) is 1.36. The van der Waals surface area contributed by atoms with Crippen molar-refractivity contribution < 1.29 is 4.74 Å². The smallest absolute Gasteiger partial charge is 0.166 e. The first-order valence-electron chi connectivity index (χ1n) is 5.13. The van der Waals surface area contributed by atoms with Crippen LogP contribution in [0.4, 0.5) is 0 Å². The van der Waals surface area contributed by atoms with Crippen LogP contribution in [0.15, 0.2) is 30.6 Å². The predicted molar refractivity (Wildman–Crippen MR) is 72.4 cm³/mol. The lowest BCUT2D eigenvalue weighted by Crippen LogP contribution is -2.02. The minimum atomic E-state index is 0.228. The number of alkyl halides is 1. The second kappa shape index (κ2) is 6.23. The third kappa shape index (κ3) is 3.25. The van der Waals surface area contributed by atoms with Crippen LogP contribution in [0.1, 0.15) is 11.4 Å². The molecule has 0 saturated carbocycles. The van der Waals surface area contributed by atoms with Crippen molar-refractivity contribution in [2.75, 3.05) is 0 Å². The molecular formula is C12H9Cl3N2O. The maximum atomic E-state index is 6.07. The number of hydrogen-bond acceptors (Lipinski definition) is 3. The normalized spacial score (nSPS) is 10.4. The van der Waals surface area contributed by atoms with E-state index in [0.29, 0.717) is 21.6 Å². The van der Waals surface area contributed by atoms with E-state index in [2.05, 4.69) is 9.97 Å².